The van der Waals surface area contributed by atoms with Crippen molar-refractivity contribution in [1.29, 1.82) is 0 Å². The van der Waals surface area contributed by atoms with E-state index in [0.717, 1.165) is 29.5 Å². The zero-order chi connectivity index (χ0) is 16.8. The average Bonchev–Trinajstić information content (AvgIpc) is 3.13. The number of nitrogens with one attached hydrogen (secondary N) is 1. The lowest BCUT2D eigenvalue weighted by Crippen LogP contribution is -2.43. The summed E-state index contributed by atoms with van der Waals surface area (Å²) in [5, 5.41) is 13.9. The Labute approximate surface area is 144 Å². The maximum absolute atomic E-state index is 12.0. The van der Waals surface area contributed by atoms with E-state index in [0.29, 0.717) is 19.0 Å². The number of amides is 1. The van der Waals surface area contributed by atoms with Gasteiger partial charge < -0.3 is 15.3 Å². The predicted octanol–water partition coefficient (Wildman–Crippen LogP) is 2.31. The van der Waals surface area contributed by atoms with Gasteiger partial charge in [0.15, 0.2) is 10.0 Å². The molecule has 2 N–H and O–H groups in total. The maximum atomic E-state index is 12.0. The third-order valence-corrected chi connectivity index (χ3v) is 6.03. The first-order chi connectivity index (χ1) is 11.0. The smallest absolute Gasteiger partial charge is 0.355 e. The number of carbonyl (C=O) groups excluding carboxylic acids is 1. The molecule has 1 amide bonds. The lowest BCUT2D eigenvalue weighted by atomic mass is 10.2. The van der Waals surface area contributed by atoms with Crippen molar-refractivity contribution >= 4 is 35.0 Å². The quantitative estimate of drug-likeness (QED) is 0.660. The van der Waals surface area contributed by atoms with Gasteiger partial charge >= 0.3 is 5.97 Å². The van der Waals surface area contributed by atoms with Crippen LogP contribution < -0.4 is 5.32 Å². The summed E-state index contributed by atoms with van der Waals surface area (Å²) in [5.41, 5.74) is 0.0883. The summed E-state index contributed by atoms with van der Waals surface area (Å²) in [6, 6.07) is 0.731. The molecular formula is C15H23N3O3S2. The van der Waals surface area contributed by atoms with Crippen molar-refractivity contribution in [2.24, 2.45) is 0 Å². The average molecular weight is 358 g/mol. The van der Waals surface area contributed by atoms with Crippen LogP contribution in [0.25, 0.3) is 0 Å². The maximum Gasteiger partial charge on any atom is 0.355 e. The number of aromatic nitrogens is 1. The van der Waals surface area contributed by atoms with E-state index < -0.39 is 5.97 Å². The number of hydrogen-bond donors (Lipinski definition) is 2. The van der Waals surface area contributed by atoms with E-state index in [2.05, 4.69) is 24.1 Å². The van der Waals surface area contributed by atoms with Crippen LogP contribution in [0.5, 0.6) is 0 Å². The SMILES string of the molecule is CCC(C)NCC1CCC(=O)N1CCSc1nc(C(=O)O)cs1. The summed E-state index contributed by atoms with van der Waals surface area (Å²) in [6.07, 6.45) is 2.61. The van der Waals surface area contributed by atoms with Crippen molar-refractivity contribution in [3.05, 3.63) is 11.1 Å². The molecule has 1 aromatic heterocycles. The molecule has 1 saturated heterocycles. The molecule has 2 atom stereocenters. The summed E-state index contributed by atoms with van der Waals surface area (Å²) in [6.45, 7) is 5.81. The third kappa shape index (κ3) is 5.19. The van der Waals surface area contributed by atoms with E-state index in [1.807, 2.05) is 4.90 Å². The molecule has 1 aliphatic heterocycles. The Balaban J connectivity index is 1.79. The van der Waals surface area contributed by atoms with Crippen molar-refractivity contribution < 1.29 is 14.7 Å². The first kappa shape index (κ1) is 18.2. The number of hydrogen-bond acceptors (Lipinski definition) is 6. The summed E-state index contributed by atoms with van der Waals surface area (Å²) in [4.78, 5) is 28.8. The molecule has 23 heavy (non-hydrogen) atoms. The van der Waals surface area contributed by atoms with Gasteiger partial charge in [0.05, 0.1) is 0 Å². The van der Waals surface area contributed by atoms with Gasteiger partial charge in [-0.1, -0.05) is 18.7 Å². The molecule has 0 aromatic carbocycles. The van der Waals surface area contributed by atoms with Crippen LogP contribution >= 0.6 is 23.1 Å². The molecule has 128 valence electrons. The number of nitrogens with zero attached hydrogens (tertiary/aromatic N) is 2. The van der Waals surface area contributed by atoms with Gasteiger partial charge in [-0.05, 0) is 19.8 Å². The van der Waals surface area contributed by atoms with E-state index in [1.165, 1.54) is 23.1 Å². The molecular weight excluding hydrogens is 334 g/mol. The lowest BCUT2D eigenvalue weighted by Gasteiger charge is -2.26. The van der Waals surface area contributed by atoms with Gasteiger partial charge in [0.25, 0.3) is 0 Å². The lowest BCUT2D eigenvalue weighted by molar-refractivity contribution is -0.128. The highest BCUT2D eigenvalue weighted by molar-refractivity contribution is 8.01. The summed E-state index contributed by atoms with van der Waals surface area (Å²) >= 11 is 2.84. The first-order valence-electron chi connectivity index (χ1n) is 7.85. The number of carbonyl (C=O) groups is 2. The molecule has 2 heterocycles. The molecule has 1 aliphatic rings. The van der Waals surface area contributed by atoms with Crippen molar-refractivity contribution in [2.45, 2.75) is 49.5 Å². The van der Waals surface area contributed by atoms with Crippen molar-refractivity contribution in [3.63, 3.8) is 0 Å². The molecule has 0 aliphatic carbocycles. The van der Waals surface area contributed by atoms with Crippen molar-refractivity contribution in [2.75, 3.05) is 18.8 Å². The van der Waals surface area contributed by atoms with Crippen LogP contribution in [0.1, 0.15) is 43.6 Å². The molecule has 1 fully saturated rings. The first-order valence-corrected chi connectivity index (χ1v) is 9.72. The highest BCUT2D eigenvalue weighted by atomic mass is 32.2. The van der Waals surface area contributed by atoms with Gasteiger partial charge in [0.1, 0.15) is 0 Å². The fourth-order valence-electron chi connectivity index (χ4n) is 2.45. The van der Waals surface area contributed by atoms with Gasteiger partial charge in [-0.15, -0.1) is 11.3 Å². The number of carboxylic acids is 1. The van der Waals surface area contributed by atoms with Gasteiger partial charge in [-0.3, -0.25) is 4.79 Å². The zero-order valence-corrected chi connectivity index (χ0v) is 15.1. The van der Waals surface area contributed by atoms with Crippen LogP contribution in [0.15, 0.2) is 9.72 Å². The fraction of sp³-hybridized carbons (Fsp3) is 0.667. The molecule has 1 aromatic rings. The van der Waals surface area contributed by atoms with Gasteiger partial charge in [0, 0.05) is 42.7 Å². The van der Waals surface area contributed by atoms with Gasteiger partial charge in [-0.2, -0.15) is 0 Å². The van der Waals surface area contributed by atoms with Gasteiger partial charge in [0.2, 0.25) is 5.91 Å². The number of likely N-dealkylation sites (tertiary alicyclic amines) is 1. The van der Waals surface area contributed by atoms with E-state index in [-0.39, 0.29) is 17.6 Å². The summed E-state index contributed by atoms with van der Waals surface area (Å²) in [7, 11) is 0. The van der Waals surface area contributed by atoms with Crippen LogP contribution in [0, 0.1) is 0 Å². The summed E-state index contributed by atoms with van der Waals surface area (Å²) in [5.74, 6) is -0.0519. The number of aromatic carboxylic acids is 1. The monoisotopic (exact) mass is 357 g/mol. The molecule has 0 bridgehead atoms. The molecule has 8 heteroatoms. The standard InChI is InChI=1S/C15H23N3O3S2/c1-3-10(2)16-8-11-4-5-13(19)18(11)6-7-22-15-17-12(9-23-15)14(20)21/h9-11,16H,3-8H2,1-2H3,(H,20,21). The molecule has 2 rings (SSSR count). The van der Waals surface area contributed by atoms with E-state index in [4.69, 9.17) is 5.11 Å². The Morgan fingerprint density at radius 1 is 1.65 bits per heavy atom. The second-order valence-electron chi connectivity index (χ2n) is 5.65. The van der Waals surface area contributed by atoms with Crippen molar-refractivity contribution in [3.8, 4) is 0 Å². The van der Waals surface area contributed by atoms with Gasteiger partial charge in [-0.25, -0.2) is 9.78 Å². The van der Waals surface area contributed by atoms with Crippen LogP contribution in [0.3, 0.4) is 0 Å². The minimum absolute atomic E-state index is 0.0883. The minimum atomic E-state index is -1.00. The molecule has 6 nitrogen and oxygen atoms in total. The van der Waals surface area contributed by atoms with Crippen molar-refractivity contribution in [1.82, 2.24) is 15.2 Å². The second-order valence-corrected chi connectivity index (χ2v) is 7.85. The number of thioether (sulfide) groups is 1. The molecule has 0 saturated carbocycles. The Morgan fingerprint density at radius 3 is 3.09 bits per heavy atom. The minimum Gasteiger partial charge on any atom is -0.476 e. The molecule has 0 radical (unpaired) electrons. The number of carboxylic acid groups (broad SMARTS) is 1. The second kappa shape index (κ2) is 8.65. The molecule has 0 spiro atoms. The highest BCUT2D eigenvalue weighted by Crippen LogP contribution is 2.24. The highest BCUT2D eigenvalue weighted by Gasteiger charge is 2.30. The van der Waals surface area contributed by atoms with Crippen LogP contribution in [0.2, 0.25) is 0 Å². The van der Waals surface area contributed by atoms with Crippen LogP contribution in [-0.4, -0.2) is 57.8 Å². The predicted molar refractivity (Wildman–Crippen MR) is 92.3 cm³/mol. The fourth-order valence-corrected chi connectivity index (χ4v) is 4.26. The summed E-state index contributed by atoms with van der Waals surface area (Å²) < 4.78 is 0.739. The Hall–Kier alpha value is -1.12. The number of thiazole rings is 1. The van der Waals surface area contributed by atoms with E-state index in [9.17, 15) is 9.59 Å². The Kier molecular flexibility index (Phi) is 6.86. The number of rotatable bonds is 9. The van der Waals surface area contributed by atoms with E-state index in [1.54, 1.807) is 5.38 Å². The Morgan fingerprint density at radius 2 is 2.43 bits per heavy atom. The van der Waals surface area contributed by atoms with E-state index >= 15 is 0 Å². The van der Waals surface area contributed by atoms with Crippen LogP contribution in [-0.2, 0) is 4.79 Å². The normalized spacial score (nSPS) is 19.3. The Bertz CT molecular complexity index is 550. The zero-order valence-electron chi connectivity index (χ0n) is 13.4. The third-order valence-electron chi connectivity index (χ3n) is 4.03. The van der Waals surface area contributed by atoms with Crippen LogP contribution in [0.4, 0.5) is 0 Å². The largest absolute Gasteiger partial charge is 0.476 e. The molecule has 2 unspecified atom stereocenters. The topological polar surface area (TPSA) is 82.5 Å².